The molecular weight excluding hydrogens is 825 g/mol. The monoisotopic (exact) mass is 864 g/mol. The summed E-state index contributed by atoms with van der Waals surface area (Å²) < 4.78 is 18.2. The number of carbonyl (C=O) groups excluding carboxylic acids is 5. The standard InChI is InChI=1S/C47H40N6O11/c48-42(55)37-39-43(56)64-40(31-13-5-2-6-14-31)38(30-11-3-1-4-12-30)52(39)41(33-15-7-8-16-36(33)62-25-24-54)47(37)34-26-28(10-9-23-50-45(49)58)19-22-35(34)51(44(47)57)46(59)63-27-29-17-20-32(21-18-29)53(60)61/h1-8,11-22,26,37-41,54H,23-25,27H2,(H2,48,55)(H3,49,50,58). The van der Waals surface area contributed by atoms with Crippen molar-refractivity contribution in [1.82, 2.24) is 10.2 Å². The molecule has 1 spiro atoms. The summed E-state index contributed by atoms with van der Waals surface area (Å²) in [6.07, 6.45) is -2.16. The second-order valence-electron chi connectivity index (χ2n) is 15.1. The Morgan fingerprint density at radius 3 is 2.20 bits per heavy atom. The van der Waals surface area contributed by atoms with Gasteiger partial charge >= 0.3 is 18.1 Å². The maximum Gasteiger partial charge on any atom is 0.421 e. The Bertz CT molecular complexity index is 2710. The SMILES string of the molecule is NC(=O)NCC#Cc1ccc2c(c1)C1(C(=O)N2C(=O)OCc2ccc([N+](=O)[O-])cc2)C(C(N)=O)C2C(=O)OC(c3ccccc3)C(c3ccccc3)N2C1c1ccccc1OCCO. The Morgan fingerprint density at radius 1 is 0.875 bits per heavy atom. The van der Waals surface area contributed by atoms with E-state index in [9.17, 15) is 34.4 Å². The summed E-state index contributed by atoms with van der Waals surface area (Å²) in [6, 6.07) is 30.0. The fraction of sp³-hybridized carbons (Fsp3) is 0.213. The minimum absolute atomic E-state index is 0.00592. The molecule has 0 saturated carbocycles. The summed E-state index contributed by atoms with van der Waals surface area (Å²) in [7, 11) is 0. The van der Waals surface area contributed by atoms with E-state index in [4.69, 9.17) is 25.7 Å². The number of hydrogen-bond acceptors (Lipinski definition) is 12. The lowest BCUT2D eigenvalue weighted by atomic mass is 9.65. The van der Waals surface area contributed by atoms with E-state index in [0.717, 1.165) is 4.90 Å². The molecule has 17 nitrogen and oxygen atoms in total. The summed E-state index contributed by atoms with van der Waals surface area (Å²) >= 11 is 0. The van der Waals surface area contributed by atoms with Gasteiger partial charge in [0.25, 0.3) is 5.69 Å². The van der Waals surface area contributed by atoms with Gasteiger partial charge in [-0.2, -0.15) is 0 Å². The van der Waals surface area contributed by atoms with Crippen LogP contribution in [0, 0.1) is 27.9 Å². The average Bonchev–Trinajstić information content (AvgIpc) is 3.76. The van der Waals surface area contributed by atoms with Gasteiger partial charge in [0.15, 0.2) is 0 Å². The number of nitrogens with one attached hydrogen (secondary N) is 1. The number of nitrogens with zero attached hydrogens (tertiary/aromatic N) is 3. The van der Waals surface area contributed by atoms with E-state index in [1.54, 1.807) is 53.4 Å². The van der Waals surface area contributed by atoms with Gasteiger partial charge in [-0.15, -0.1) is 0 Å². The van der Waals surface area contributed by atoms with Crippen LogP contribution < -0.4 is 26.4 Å². The minimum atomic E-state index is -2.22. The van der Waals surface area contributed by atoms with Crippen LogP contribution in [0.1, 0.15) is 51.6 Å². The predicted molar refractivity (Wildman–Crippen MR) is 228 cm³/mol. The second-order valence-corrected chi connectivity index (χ2v) is 15.1. The maximum atomic E-state index is 16.1. The van der Waals surface area contributed by atoms with Crippen molar-refractivity contribution in [2.75, 3.05) is 24.7 Å². The summed E-state index contributed by atoms with van der Waals surface area (Å²) in [6.45, 7) is -1.09. The Balaban J connectivity index is 1.39. The number of rotatable bonds is 11. The van der Waals surface area contributed by atoms with Crippen LogP contribution in [0.2, 0.25) is 0 Å². The van der Waals surface area contributed by atoms with Crippen molar-refractivity contribution in [3.63, 3.8) is 0 Å². The number of para-hydroxylation sites is 1. The molecule has 2 saturated heterocycles. The van der Waals surface area contributed by atoms with Gasteiger partial charge in [0.2, 0.25) is 11.8 Å². The zero-order valence-corrected chi connectivity index (χ0v) is 33.9. The fourth-order valence-electron chi connectivity index (χ4n) is 9.16. The van der Waals surface area contributed by atoms with Crippen molar-refractivity contribution in [3.8, 4) is 17.6 Å². The highest BCUT2D eigenvalue weighted by Crippen LogP contribution is 2.66. The van der Waals surface area contributed by atoms with Crippen LogP contribution in [-0.4, -0.2) is 70.6 Å². The molecule has 8 rings (SSSR count). The van der Waals surface area contributed by atoms with Gasteiger partial charge in [0.1, 0.15) is 36.5 Å². The lowest BCUT2D eigenvalue weighted by molar-refractivity contribution is -0.384. The van der Waals surface area contributed by atoms with Crippen LogP contribution >= 0.6 is 0 Å². The zero-order chi connectivity index (χ0) is 45.1. The van der Waals surface area contributed by atoms with Crippen LogP contribution in [0.25, 0.3) is 0 Å². The van der Waals surface area contributed by atoms with E-state index in [1.807, 2.05) is 36.4 Å². The van der Waals surface area contributed by atoms with Gasteiger partial charge in [-0.3, -0.25) is 29.4 Å². The van der Waals surface area contributed by atoms with Gasteiger partial charge in [-0.25, -0.2) is 14.5 Å². The zero-order valence-electron chi connectivity index (χ0n) is 33.9. The fourth-order valence-corrected chi connectivity index (χ4v) is 9.16. The number of hydrogen-bond donors (Lipinski definition) is 4. The number of nitro benzene ring substituents is 1. The molecule has 3 aliphatic rings. The summed E-state index contributed by atoms with van der Waals surface area (Å²) in [4.78, 5) is 84.7. The van der Waals surface area contributed by atoms with E-state index in [2.05, 4.69) is 17.2 Å². The van der Waals surface area contributed by atoms with Crippen molar-refractivity contribution in [3.05, 3.63) is 171 Å². The molecule has 0 bridgehead atoms. The molecular formula is C47H40N6O11. The van der Waals surface area contributed by atoms with E-state index < -0.39 is 77.0 Å². The largest absolute Gasteiger partial charge is 0.491 e. The number of fused-ring (bicyclic) bond motifs is 3. The van der Waals surface area contributed by atoms with Crippen LogP contribution in [0.3, 0.4) is 0 Å². The third-order valence-electron chi connectivity index (χ3n) is 11.6. The quantitative estimate of drug-likeness (QED) is 0.0622. The Morgan fingerprint density at radius 2 is 1.55 bits per heavy atom. The van der Waals surface area contributed by atoms with Crippen LogP contribution in [-0.2, 0) is 35.9 Å². The molecule has 6 atom stereocenters. The van der Waals surface area contributed by atoms with Crippen LogP contribution in [0.15, 0.2) is 127 Å². The van der Waals surface area contributed by atoms with Gasteiger partial charge in [0, 0.05) is 23.3 Å². The number of nitro groups is 1. The van der Waals surface area contributed by atoms with Crippen molar-refractivity contribution in [2.45, 2.75) is 36.3 Å². The van der Waals surface area contributed by atoms with E-state index in [-0.39, 0.29) is 42.4 Å². The number of aliphatic hydroxyl groups is 1. The second kappa shape index (κ2) is 17.7. The molecule has 3 heterocycles. The summed E-state index contributed by atoms with van der Waals surface area (Å²) in [5, 5.41) is 23.6. The number of anilines is 1. The molecule has 64 heavy (non-hydrogen) atoms. The number of non-ortho nitro benzene ring substituents is 1. The summed E-state index contributed by atoms with van der Waals surface area (Å²) in [5.74, 6) is 1.34. The number of primary amides is 2. The molecule has 0 aromatic heterocycles. The number of nitrogens with two attached hydrogens (primary N) is 2. The van der Waals surface area contributed by atoms with Crippen molar-refractivity contribution >= 4 is 41.3 Å². The molecule has 5 aromatic rings. The van der Waals surface area contributed by atoms with Gasteiger partial charge < -0.3 is 36.1 Å². The first kappa shape index (κ1) is 42.6. The number of imide groups is 1. The average molecular weight is 865 g/mol. The van der Waals surface area contributed by atoms with E-state index in [0.29, 0.717) is 27.8 Å². The first-order chi connectivity index (χ1) is 31.0. The van der Waals surface area contributed by atoms with E-state index in [1.165, 1.54) is 42.5 Å². The molecule has 2 fully saturated rings. The number of amides is 5. The third-order valence-corrected chi connectivity index (χ3v) is 11.6. The normalized spacial score (nSPS) is 22.1. The smallest absolute Gasteiger partial charge is 0.421 e. The third kappa shape index (κ3) is 7.50. The number of urea groups is 1. The molecule has 5 amide bonds. The summed E-state index contributed by atoms with van der Waals surface area (Å²) in [5.41, 5.74) is 11.6. The minimum Gasteiger partial charge on any atom is -0.491 e. The number of benzene rings is 5. The molecule has 324 valence electrons. The van der Waals surface area contributed by atoms with Gasteiger partial charge in [-0.05, 0) is 58.7 Å². The molecule has 0 aliphatic carbocycles. The molecule has 6 unspecified atom stereocenters. The number of aliphatic hydroxyl groups excluding tert-OH is 1. The molecule has 17 heteroatoms. The molecule has 3 aliphatic heterocycles. The lowest BCUT2D eigenvalue weighted by Crippen LogP contribution is -2.55. The predicted octanol–water partition coefficient (Wildman–Crippen LogP) is 4.47. The first-order valence-corrected chi connectivity index (χ1v) is 20.1. The number of cyclic esters (lactones) is 1. The number of morpholine rings is 1. The van der Waals surface area contributed by atoms with Gasteiger partial charge in [0.05, 0.1) is 41.8 Å². The molecule has 5 aromatic carbocycles. The Hall–Kier alpha value is -8.07. The van der Waals surface area contributed by atoms with E-state index >= 15 is 4.79 Å². The van der Waals surface area contributed by atoms with Crippen molar-refractivity contribution < 1.29 is 48.2 Å². The Labute approximate surface area is 365 Å². The maximum absolute atomic E-state index is 16.1. The Kier molecular flexibility index (Phi) is 11.8. The highest BCUT2D eigenvalue weighted by molar-refractivity contribution is 6.23. The number of esters is 1. The van der Waals surface area contributed by atoms with Crippen LogP contribution in [0.4, 0.5) is 21.0 Å². The van der Waals surface area contributed by atoms with Gasteiger partial charge in [-0.1, -0.05) is 90.7 Å². The molecule has 0 radical (unpaired) electrons. The topological polar surface area (TPSA) is 247 Å². The van der Waals surface area contributed by atoms with Crippen molar-refractivity contribution in [2.24, 2.45) is 17.4 Å². The highest BCUT2D eigenvalue weighted by atomic mass is 16.6. The number of carbonyl (C=O) groups is 5. The molecule has 6 N–H and O–H groups in total. The van der Waals surface area contributed by atoms with Crippen molar-refractivity contribution in [1.29, 1.82) is 0 Å². The lowest BCUT2D eigenvalue weighted by Gasteiger charge is -2.46. The van der Waals surface area contributed by atoms with Crippen LogP contribution in [0.5, 0.6) is 5.75 Å². The number of ether oxygens (including phenoxy) is 3. The highest BCUT2D eigenvalue weighted by Gasteiger charge is 2.76. The first-order valence-electron chi connectivity index (χ1n) is 20.1.